The maximum absolute atomic E-state index is 12.2. The lowest BCUT2D eigenvalue weighted by Gasteiger charge is -2.21. The third-order valence-corrected chi connectivity index (χ3v) is 3.26. The van der Waals surface area contributed by atoms with Gasteiger partial charge in [-0.05, 0) is 30.5 Å². The Morgan fingerprint density at radius 1 is 1.47 bits per heavy atom. The Morgan fingerprint density at radius 2 is 2.26 bits per heavy atom. The van der Waals surface area contributed by atoms with Gasteiger partial charge in [-0.3, -0.25) is 9.89 Å². The zero-order valence-electron chi connectivity index (χ0n) is 11.2. The Kier molecular flexibility index (Phi) is 4.16. The number of aromatic amines is 1. The lowest BCUT2D eigenvalue weighted by molar-refractivity contribution is 0.0917. The van der Waals surface area contributed by atoms with Gasteiger partial charge in [0.25, 0.3) is 5.91 Å². The Balaban J connectivity index is 2.13. The molecule has 5 nitrogen and oxygen atoms in total. The van der Waals surface area contributed by atoms with Gasteiger partial charge in [0.05, 0.1) is 11.7 Å². The summed E-state index contributed by atoms with van der Waals surface area (Å²) in [5.74, 6) is 0.170. The highest BCUT2D eigenvalue weighted by Crippen LogP contribution is 2.14. The van der Waals surface area contributed by atoms with Crippen LogP contribution in [0.1, 0.15) is 30.6 Å². The lowest BCUT2D eigenvalue weighted by Crippen LogP contribution is -2.39. The molecule has 0 aliphatic carbocycles. The number of H-pyrrole nitrogens is 1. The second-order valence-electron chi connectivity index (χ2n) is 5.01. The molecular formula is C14H19N3O2. The van der Waals surface area contributed by atoms with Gasteiger partial charge >= 0.3 is 0 Å². The van der Waals surface area contributed by atoms with Crippen LogP contribution >= 0.6 is 0 Å². The minimum atomic E-state index is -0.116. The average Bonchev–Trinajstić information content (AvgIpc) is 2.85. The summed E-state index contributed by atoms with van der Waals surface area (Å²) in [6, 6.07) is 5.40. The number of aromatic nitrogens is 2. The first-order valence-electron chi connectivity index (χ1n) is 6.46. The molecule has 0 saturated carbocycles. The van der Waals surface area contributed by atoms with Crippen molar-refractivity contribution in [1.82, 2.24) is 15.5 Å². The zero-order chi connectivity index (χ0) is 13.8. The summed E-state index contributed by atoms with van der Waals surface area (Å²) in [4.78, 5) is 12.2. The van der Waals surface area contributed by atoms with Crippen molar-refractivity contribution in [3.8, 4) is 0 Å². The SMILES string of the molecule is CC(C)C(CCO)NC(=O)c1ccc2[nH]ncc2c1. The fourth-order valence-corrected chi connectivity index (χ4v) is 2.05. The zero-order valence-corrected chi connectivity index (χ0v) is 11.2. The van der Waals surface area contributed by atoms with Gasteiger partial charge in [0.15, 0.2) is 0 Å². The number of rotatable bonds is 5. The highest BCUT2D eigenvalue weighted by atomic mass is 16.3. The topological polar surface area (TPSA) is 78.0 Å². The highest BCUT2D eigenvalue weighted by Gasteiger charge is 2.16. The first-order valence-corrected chi connectivity index (χ1v) is 6.46. The van der Waals surface area contributed by atoms with Crippen molar-refractivity contribution in [2.45, 2.75) is 26.3 Å². The van der Waals surface area contributed by atoms with Crippen LogP contribution in [0.3, 0.4) is 0 Å². The maximum atomic E-state index is 12.2. The summed E-state index contributed by atoms with van der Waals surface area (Å²) in [5.41, 5.74) is 1.52. The van der Waals surface area contributed by atoms with Gasteiger partial charge in [-0.1, -0.05) is 13.8 Å². The van der Waals surface area contributed by atoms with Crippen LogP contribution in [-0.2, 0) is 0 Å². The van der Waals surface area contributed by atoms with Crippen LogP contribution in [0.2, 0.25) is 0 Å². The van der Waals surface area contributed by atoms with E-state index in [-0.39, 0.29) is 24.5 Å². The van der Waals surface area contributed by atoms with Crippen LogP contribution in [0.25, 0.3) is 10.9 Å². The number of carbonyl (C=O) groups is 1. The summed E-state index contributed by atoms with van der Waals surface area (Å²) >= 11 is 0. The molecule has 0 fully saturated rings. The van der Waals surface area contributed by atoms with E-state index in [9.17, 15) is 4.79 Å². The van der Waals surface area contributed by atoms with E-state index in [0.29, 0.717) is 12.0 Å². The molecule has 0 aliphatic heterocycles. The second kappa shape index (κ2) is 5.84. The molecule has 1 atom stereocenters. The van der Waals surface area contributed by atoms with Crippen molar-refractivity contribution < 1.29 is 9.90 Å². The van der Waals surface area contributed by atoms with E-state index >= 15 is 0 Å². The minimum absolute atomic E-state index is 0.0162. The van der Waals surface area contributed by atoms with Gasteiger partial charge in [-0.15, -0.1) is 0 Å². The molecule has 102 valence electrons. The predicted molar refractivity (Wildman–Crippen MR) is 73.9 cm³/mol. The minimum Gasteiger partial charge on any atom is -0.396 e. The average molecular weight is 261 g/mol. The first-order chi connectivity index (χ1) is 9.11. The molecule has 0 aliphatic rings. The normalized spacial score (nSPS) is 12.8. The fourth-order valence-electron chi connectivity index (χ4n) is 2.05. The first kappa shape index (κ1) is 13.5. The van der Waals surface area contributed by atoms with Crippen LogP contribution in [0.5, 0.6) is 0 Å². The fraction of sp³-hybridized carbons (Fsp3) is 0.429. The molecule has 1 aromatic carbocycles. The monoisotopic (exact) mass is 261 g/mol. The largest absolute Gasteiger partial charge is 0.396 e. The van der Waals surface area contributed by atoms with E-state index < -0.39 is 0 Å². The Hall–Kier alpha value is -1.88. The van der Waals surface area contributed by atoms with E-state index in [0.717, 1.165) is 10.9 Å². The van der Waals surface area contributed by atoms with Crippen LogP contribution in [0.15, 0.2) is 24.4 Å². The van der Waals surface area contributed by atoms with Gasteiger partial charge in [0, 0.05) is 23.6 Å². The Morgan fingerprint density at radius 3 is 2.95 bits per heavy atom. The van der Waals surface area contributed by atoms with Crippen molar-refractivity contribution in [1.29, 1.82) is 0 Å². The summed E-state index contributed by atoms with van der Waals surface area (Å²) in [5, 5.41) is 19.7. The molecule has 2 rings (SSSR count). The third-order valence-electron chi connectivity index (χ3n) is 3.26. The molecule has 0 spiro atoms. The highest BCUT2D eigenvalue weighted by molar-refractivity contribution is 5.98. The quantitative estimate of drug-likeness (QED) is 0.766. The van der Waals surface area contributed by atoms with Crippen molar-refractivity contribution in [2.24, 2.45) is 5.92 Å². The van der Waals surface area contributed by atoms with E-state index in [1.54, 1.807) is 12.3 Å². The number of aliphatic hydroxyl groups is 1. The van der Waals surface area contributed by atoms with Crippen LogP contribution < -0.4 is 5.32 Å². The number of nitrogens with one attached hydrogen (secondary N) is 2. The van der Waals surface area contributed by atoms with Crippen molar-refractivity contribution in [3.05, 3.63) is 30.0 Å². The number of fused-ring (bicyclic) bond motifs is 1. The molecule has 1 heterocycles. The van der Waals surface area contributed by atoms with Crippen LogP contribution in [-0.4, -0.2) is 33.9 Å². The molecule has 3 N–H and O–H groups in total. The molecule has 5 heteroatoms. The smallest absolute Gasteiger partial charge is 0.251 e. The number of hydrogen-bond acceptors (Lipinski definition) is 3. The number of amides is 1. The second-order valence-corrected chi connectivity index (χ2v) is 5.01. The summed E-state index contributed by atoms with van der Waals surface area (Å²) in [6.45, 7) is 4.13. The number of benzene rings is 1. The summed E-state index contributed by atoms with van der Waals surface area (Å²) in [7, 11) is 0. The van der Waals surface area contributed by atoms with E-state index in [1.165, 1.54) is 0 Å². The molecule has 19 heavy (non-hydrogen) atoms. The van der Waals surface area contributed by atoms with Crippen LogP contribution in [0.4, 0.5) is 0 Å². The van der Waals surface area contributed by atoms with Crippen molar-refractivity contribution >= 4 is 16.8 Å². The molecule has 1 aromatic heterocycles. The predicted octanol–water partition coefficient (Wildman–Crippen LogP) is 1.70. The molecule has 0 radical (unpaired) electrons. The number of nitrogens with zero attached hydrogens (tertiary/aromatic N) is 1. The lowest BCUT2D eigenvalue weighted by atomic mass is 10.0. The number of carbonyl (C=O) groups excluding carboxylic acids is 1. The molecule has 2 aromatic rings. The molecule has 1 unspecified atom stereocenters. The van der Waals surface area contributed by atoms with E-state index in [4.69, 9.17) is 5.11 Å². The van der Waals surface area contributed by atoms with Gasteiger partial charge in [0.2, 0.25) is 0 Å². The van der Waals surface area contributed by atoms with Crippen molar-refractivity contribution in [3.63, 3.8) is 0 Å². The Bertz CT molecular complexity index is 563. The Labute approximate surface area is 112 Å². The molecule has 0 bridgehead atoms. The van der Waals surface area contributed by atoms with Crippen LogP contribution in [0, 0.1) is 5.92 Å². The molecule has 0 saturated heterocycles. The van der Waals surface area contributed by atoms with Gasteiger partial charge in [0.1, 0.15) is 0 Å². The molecule has 1 amide bonds. The third kappa shape index (κ3) is 3.12. The summed E-state index contributed by atoms with van der Waals surface area (Å²) < 4.78 is 0. The summed E-state index contributed by atoms with van der Waals surface area (Å²) in [6.07, 6.45) is 2.26. The van der Waals surface area contributed by atoms with E-state index in [1.807, 2.05) is 26.0 Å². The molecular weight excluding hydrogens is 242 g/mol. The van der Waals surface area contributed by atoms with Gasteiger partial charge in [-0.2, -0.15) is 5.10 Å². The number of hydrogen-bond donors (Lipinski definition) is 3. The van der Waals surface area contributed by atoms with Gasteiger partial charge < -0.3 is 10.4 Å². The van der Waals surface area contributed by atoms with Gasteiger partial charge in [-0.25, -0.2) is 0 Å². The number of aliphatic hydroxyl groups excluding tert-OH is 1. The van der Waals surface area contributed by atoms with E-state index in [2.05, 4.69) is 15.5 Å². The van der Waals surface area contributed by atoms with Crippen molar-refractivity contribution in [2.75, 3.05) is 6.61 Å². The maximum Gasteiger partial charge on any atom is 0.251 e. The standard InChI is InChI=1S/C14H19N3O2/c1-9(2)12(5-6-18)16-14(19)10-3-4-13-11(7-10)8-15-17-13/h3-4,7-9,12,18H,5-6H2,1-2H3,(H,15,17)(H,16,19).